The monoisotopic (exact) mass is 265 g/mol. The van der Waals surface area contributed by atoms with E-state index < -0.39 is 11.0 Å². The third-order valence-electron chi connectivity index (χ3n) is 3.06. The molecular weight excluding hydrogens is 250 g/mol. The van der Waals surface area contributed by atoms with Crippen molar-refractivity contribution in [1.29, 1.82) is 0 Å². The number of piperazine rings is 1. The first-order valence-corrected chi connectivity index (χ1v) is 5.97. The van der Waals surface area contributed by atoms with Crippen LogP contribution in [-0.2, 0) is 4.79 Å². The molecule has 0 radical (unpaired) electrons. The Morgan fingerprint density at radius 2 is 2.26 bits per heavy atom. The lowest BCUT2D eigenvalue weighted by Gasteiger charge is -2.28. The zero-order chi connectivity index (χ0) is 14.0. The van der Waals surface area contributed by atoms with Gasteiger partial charge in [0.2, 0.25) is 5.91 Å². The van der Waals surface area contributed by atoms with E-state index in [9.17, 15) is 20.0 Å². The normalized spacial score (nSPS) is 16.9. The van der Waals surface area contributed by atoms with Crippen LogP contribution in [0.4, 0.5) is 11.4 Å². The predicted octanol–water partition coefficient (Wildman–Crippen LogP) is 0.584. The van der Waals surface area contributed by atoms with Crippen LogP contribution in [-0.4, -0.2) is 35.6 Å². The quantitative estimate of drug-likeness (QED) is 0.615. The predicted molar refractivity (Wildman–Crippen MR) is 69.0 cm³/mol. The van der Waals surface area contributed by atoms with Crippen molar-refractivity contribution in [2.75, 3.05) is 24.5 Å². The second-order valence-electron chi connectivity index (χ2n) is 4.45. The van der Waals surface area contributed by atoms with Gasteiger partial charge in [-0.05, 0) is 18.6 Å². The standard InChI is InChI=1S/C12H15N3O4/c1-8(16)9-2-3-10(11(6-9)15(18)19)14-5-4-13-12(17)7-14/h2-3,6,8,16H,4-5,7H2,1H3,(H,13,17)/t8-/m0/s1. The van der Waals surface area contributed by atoms with Crippen LogP contribution < -0.4 is 10.2 Å². The molecule has 1 aromatic carbocycles. The second kappa shape index (κ2) is 5.23. The molecular formula is C12H15N3O4. The number of hydrogen-bond acceptors (Lipinski definition) is 5. The summed E-state index contributed by atoms with van der Waals surface area (Å²) < 4.78 is 0. The molecule has 1 heterocycles. The maximum Gasteiger partial charge on any atom is 0.292 e. The number of nitrogens with zero attached hydrogens (tertiary/aromatic N) is 2. The number of rotatable bonds is 3. The molecule has 2 rings (SSSR count). The highest BCUT2D eigenvalue weighted by Crippen LogP contribution is 2.31. The SMILES string of the molecule is C[C@H](O)c1ccc(N2CCNC(=O)C2)c([N+](=O)[O-])c1. The average Bonchev–Trinajstić information content (AvgIpc) is 2.37. The van der Waals surface area contributed by atoms with Gasteiger partial charge in [-0.3, -0.25) is 14.9 Å². The van der Waals surface area contributed by atoms with Gasteiger partial charge in [-0.25, -0.2) is 0 Å². The lowest BCUT2D eigenvalue weighted by molar-refractivity contribution is -0.384. The highest BCUT2D eigenvalue weighted by atomic mass is 16.6. The van der Waals surface area contributed by atoms with Crippen LogP contribution in [0.3, 0.4) is 0 Å². The van der Waals surface area contributed by atoms with Crippen molar-refractivity contribution in [3.8, 4) is 0 Å². The van der Waals surface area contributed by atoms with Crippen LogP contribution in [0, 0.1) is 10.1 Å². The van der Waals surface area contributed by atoms with Gasteiger partial charge in [0.15, 0.2) is 0 Å². The molecule has 0 aromatic heterocycles. The fourth-order valence-electron chi connectivity index (χ4n) is 2.06. The maximum atomic E-state index is 11.3. The van der Waals surface area contributed by atoms with E-state index in [4.69, 9.17) is 0 Å². The number of aliphatic hydroxyl groups is 1. The first-order valence-electron chi connectivity index (χ1n) is 5.97. The van der Waals surface area contributed by atoms with Crippen LogP contribution >= 0.6 is 0 Å². The zero-order valence-electron chi connectivity index (χ0n) is 10.5. The highest BCUT2D eigenvalue weighted by Gasteiger charge is 2.24. The molecule has 1 aliphatic rings. The molecule has 1 aliphatic heterocycles. The van der Waals surface area contributed by atoms with Gasteiger partial charge < -0.3 is 15.3 Å². The maximum absolute atomic E-state index is 11.3. The average molecular weight is 265 g/mol. The highest BCUT2D eigenvalue weighted by molar-refractivity contribution is 5.84. The van der Waals surface area contributed by atoms with Gasteiger partial charge in [0.1, 0.15) is 5.69 Å². The van der Waals surface area contributed by atoms with E-state index in [1.807, 2.05) is 0 Å². The van der Waals surface area contributed by atoms with Gasteiger partial charge in [-0.15, -0.1) is 0 Å². The molecule has 19 heavy (non-hydrogen) atoms. The molecule has 0 spiro atoms. The Morgan fingerprint density at radius 3 is 2.84 bits per heavy atom. The van der Waals surface area contributed by atoms with Gasteiger partial charge in [-0.1, -0.05) is 6.07 Å². The minimum Gasteiger partial charge on any atom is -0.389 e. The van der Waals surface area contributed by atoms with Crippen molar-refractivity contribution in [2.45, 2.75) is 13.0 Å². The number of nitro benzene ring substituents is 1. The summed E-state index contributed by atoms with van der Waals surface area (Å²) in [6.45, 7) is 2.65. The van der Waals surface area contributed by atoms with Crippen LogP contribution in [0.5, 0.6) is 0 Å². The summed E-state index contributed by atoms with van der Waals surface area (Å²) in [5, 5.41) is 23.3. The van der Waals surface area contributed by atoms with Gasteiger partial charge >= 0.3 is 0 Å². The van der Waals surface area contributed by atoms with Crippen molar-refractivity contribution >= 4 is 17.3 Å². The Morgan fingerprint density at radius 1 is 1.53 bits per heavy atom. The summed E-state index contributed by atoms with van der Waals surface area (Å²) in [6.07, 6.45) is -0.766. The molecule has 0 saturated carbocycles. The Balaban J connectivity index is 2.38. The summed E-state index contributed by atoms with van der Waals surface area (Å²) in [7, 11) is 0. The largest absolute Gasteiger partial charge is 0.389 e. The molecule has 0 bridgehead atoms. The van der Waals surface area contributed by atoms with E-state index in [2.05, 4.69) is 5.32 Å². The second-order valence-corrected chi connectivity index (χ2v) is 4.45. The minimum atomic E-state index is -0.766. The summed E-state index contributed by atoms with van der Waals surface area (Å²) >= 11 is 0. The minimum absolute atomic E-state index is 0.0897. The fourth-order valence-corrected chi connectivity index (χ4v) is 2.06. The molecule has 1 fully saturated rings. The molecule has 1 atom stereocenters. The van der Waals surface area contributed by atoms with E-state index in [1.165, 1.54) is 6.07 Å². The Labute approximate surface area is 110 Å². The smallest absolute Gasteiger partial charge is 0.292 e. The molecule has 0 aliphatic carbocycles. The number of benzene rings is 1. The third-order valence-corrected chi connectivity index (χ3v) is 3.06. The van der Waals surface area contributed by atoms with Gasteiger partial charge in [0.25, 0.3) is 5.69 Å². The summed E-state index contributed by atoms with van der Waals surface area (Å²) in [5.41, 5.74) is 0.800. The van der Waals surface area contributed by atoms with E-state index >= 15 is 0 Å². The molecule has 7 heteroatoms. The third kappa shape index (κ3) is 2.82. The lowest BCUT2D eigenvalue weighted by Crippen LogP contribution is -2.47. The van der Waals surface area contributed by atoms with Crippen molar-refractivity contribution in [3.05, 3.63) is 33.9 Å². The van der Waals surface area contributed by atoms with Crippen LogP contribution in [0.2, 0.25) is 0 Å². The van der Waals surface area contributed by atoms with Crippen molar-refractivity contribution in [3.63, 3.8) is 0 Å². The molecule has 1 amide bonds. The number of carbonyl (C=O) groups excluding carboxylic acids is 1. The van der Waals surface area contributed by atoms with E-state index in [1.54, 1.807) is 24.0 Å². The van der Waals surface area contributed by atoms with Crippen molar-refractivity contribution in [2.24, 2.45) is 0 Å². The number of amides is 1. The van der Waals surface area contributed by atoms with Gasteiger partial charge in [-0.2, -0.15) is 0 Å². The number of hydrogen-bond donors (Lipinski definition) is 2. The number of carbonyl (C=O) groups is 1. The van der Waals surface area contributed by atoms with Crippen LogP contribution in [0.15, 0.2) is 18.2 Å². The first kappa shape index (κ1) is 13.3. The first-order chi connectivity index (χ1) is 8.99. The Kier molecular flexibility index (Phi) is 3.66. The topological polar surface area (TPSA) is 95.7 Å². The van der Waals surface area contributed by atoms with Gasteiger partial charge in [0.05, 0.1) is 17.6 Å². The van der Waals surface area contributed by atoms with E-state index in [0.29, 0.717) is 24.3 Å². The van der Waals surface area contributed by atoms with Gasteiger partial charge in [0, 0.05) is 19.2 Å². The zero-order valence-corrected chi connectivity index (χ0v) is 10.5. The number of anilines is 1. The van der Waals surface area contributed by atoms with Crippen LogP contribution in [0.1, 0.15) is 18.6 Å². The van der Waals surface area contributed by atoms with Crippen molar-refractivity contribution in [1.82, 2.24) is 5.32 Å². The fraction of sp³-hybridized carbons (Fsp3) is 0.417. The number of aliphatic hydroxyl groups excluding tert-OH is 1. The molecule has 1 aromatic rings. The summed E-state index contributed by atoms with van der Waals surface area (Å²) in [6, 6.07) is 4.57. The molecule has 0 unspecified atom stereocenters. The van der Waals surface area contributed by atoms with Crippen molar-refractivity contribution < 1.29 is 14.8 Å². The summed E-state index contributed by atoms with van der Waals surface area (Å²) in [5.74, 6) is -0.153. The number of nitrogens with one attached hydrogen (secondary N) is 1. The molecule has 7 nitrogen and oxygen atoms in total. The number of nitro groups is 1. The Bertz CT molecular complexity index is 516. The summed E-state index contributed by atoms with van der Waals surface area (Å²) in [4.78, 5) is 23.6. The Hall–Kier alpha value is -2.15. The van der Waals surface area contributed by atoms with E-state index in [0.717, 1.165) is 0 Å². The van der Waals surface area contributed by atoms with E-state index in [-0.39, 0.29) is 18.1 Å². The lowest BCUT2D eigenvalue weighted by atomic mass is 10.1. The van der Waals surface area contributed by atoms with Crippen LogP contribution in [0.25, 0.3) is 0 Å². The molecule has 1 saturated heterocycles. The molecule has 102 valence electrons. The molecule has 2 N–H and O–H groups in total.